The molecule has 0 aliphatic heterocycles. The maximum atomic E-state index is 12.3. The zero-order chi connectivity index (χ0) is 22.9. The standard InChI is InChI=1S/C25H22O7/c1-29-20-10-6-17(7-11-20)14-24(27)31-16-23(26)18-8-12-21(13-9-18)32-25(28)19-4-3-5-22(15-19)30-2/h3-13,15H,14,16H2,1-2H3. The average Bonchev–Trinajstić information content (AvgIpc) is 2.83. The highest BCUT2D eigenvalue weighted by atomic mass is 16.5. The summed E-state index contributed by atoms with van der Waals surface area (Å²) in [6, 6.07) is 19.6. The minimum absolute atomic E-state index is 0.0520. The Hall–Kier alpha value is -4.13. The largest absolute Gasteiger partial charge is 0.497 e. The molecule has 32 heavy (non-hydrogen) atoms. The summed E-state index contributed by atoms with van der Waals surface area (Å²) in [5.41, 5.74) is 1.43. The molecule has 0 fully saturated rings. The lowest BCUT2D eigenvalue weighted by Gasteiger charge is -2.07. The first-order valence-electron chi connectivity index (χ1n) is 9.76. The highest BCUT2D eigenvalue weighted by Gasteiger charge is 2.13. The second-order valence-electron chi connectivity index (χ2n) is 6.75. The molecule has 0 unspecified atom stereocenters. The van der Waals surface area contributed by atoms with Gasteiger partial charge in [-0.05, 0) is 60.2 Å². The minimum atomic E-state index is -0.546. The molecule has 0 bridgehead atoms. The first kappa shape index (κ1) is 22.6. The van der Waals surface area contributed by atoms with Gasteiger partial charge in [0.15, 0.2) is 12.4 Å². The third-order valence-corrected chi connectivity index (χ3v) is 4.56. The summed E-state index contributed by atoms with van der Waals surface area (Å²) < 4.78 is 20.6. The van der Waals surface area contributed by atoms with Gasteiger partial charge in [0.25, 0.3) is 0 Å². The van der Waals surface area contributed by atoms with Crippen molar-refractivity contribution in [1.82, 2.24) is 0 Å². The maximum absolute atomic E-state index is 12.3. The van der Waals surface area contributed by atoms with Crippen LogP contribution in [-0.4, -0.2) is 38.5 Å². The number of hydrogen-bond donors (Lipinski definition) is 0. The number of rotatable bonds is 9. The molecule has 164 valence electrons. The van der Waals surface area contributed by atoms with Crippen LogP contribution in [0.25, 0.3) is 0 Å². The predicted molar refractivity (Wildman–Crippen MR) is 116 cm³/mol. The lowest BCUT2D eigenvalue weighted by atomic mass is 10.1. The lowest BCUT2D eigenvalue weighted by molar-refractivity contribution is -0.141. The fraction of sp³-hybridized carbons (Fsp3) is 0.160. The second-order valence-corrected chi connectivity index (χ2v) is 6.75. The molecule has 0 aliphatic carbocycles. The molecular formula is C25H22O7. The average molecular weight is 434 g/mol. The van der Waals surface area contributed by atoms with Crippen LogP contribution in [0.3, 0.4) is 0 Å². The lowest BCUT2D eigenvalue weighted by Crippen LogP contribution is -2.15. The van der Waals surface area contributed by atoms with Crippen LogP contribution in [0.15, 0.2) is 72.8 Å². The summed E-state index contributed by atoms with van der Waals surface area (Å²) in [6.45, 7) is -0.377. The van der Waals surface area contributed by atoms with Gasteiger partial charge in [-0.2, -0.15) is 0 Å². The molecule has 0 saturated heterocycles. The van der Waals surface area contributed by atoms with Gasteiger partial charge >= 0.3 is 11.9 Å². The van der Waals surface area contributed by atoms with Gasteiger partial charge in [-0.1, -0.05) is 18.2 Å². The first-order valence-corrected chi connectivity index (χ1v) is 9.76. The number of benzene rings is 3. The van der Waals surface area contributed by atoms with Crippen molar-refractivity contribution in [2.24, 2.45) is 0 Å². The van der Waals surface area contributed by atoms with E-state index in [1.807, 2.05) is 0 Å². The van der Waals surface area contributed by atoms with Crippen molar-refractivity contribution in [3.05, 3.63) is 89.5 Å². The number of ketones is 1. The van der Waals surface area contributed by atoms with E-state index in [1.54, 1.807) is 55.6 Å². The zero-order valence-electron chi connectivity index (χ0n) is 17.7. The summed E-state index contributed by atoms with van der Waals surface area (Å²) in [5, 5.41) is 0. The Morgan fingerprint density at radius 2 is 1.38 bits per heavy atom. The van der Waals surface area contributed by atoms with E-state index in [4.69, 9.17) is 18.9 Å². The molecule has 0 aromatic heterocycles. The number of methoxy groups -OCH3 is 2. The Bertz CT molecular complexity index is 1090. The van der Waals surface area contributed by atoms with Gasteiger partial charge in [-0.15, -0.1) is 0 Å². The third-order valence-electron chi connectivity index (χ3n) is 4.56. The molecule has 0 spiro atoms. The highest BCUT2D eigenvalue weighted by molar-refractivity contribution is 5.98. The highest BCUT2D eigenvalue weighted by Crippen LogP contribution is 2.18. The Morgan fingerprint density at radius 3 is 2.03 bits per heavy atom. The van der Waals surface area contributed by atoms with E-state index >= 15 is 0 Å². The van der Waals surface area contributed by atoms with Crippen LogP contribution in [0.5, 0.6) is 17.2 Å². The van der Waals surface area contributed by atoms with Gasteiger partial charge in [0.05, 0.1) is 26.2 Å². The summed E-state index contributed by atoms with van der Waals surface area (Å²) >= 11 is 0. The quantitative estimate of drug-likeness (QED) is 0.287. The Kier molecular flexibility index (Phi) is 7.59. The topological polar surface area (TPSA) is 88.1 Å². The van der Waals surface area contributed by atoms with Crippen molar-refractivity contribution < 1.29 is 33.3 Å². The number of Topliss-reactive ketones (excluding diaryl/α,β-unsaturated/α-hetero) is 1. The number of ether oxygens (including phenoxy) is 4. The van der Waals surface area contributed by atoms with Crippen LogP contribution in [-0.2, 0) is 16.0 Å². The van der Waals surface area contributed by atoms with Gasteiger partial charge in [0.2, 0.25) is 0 Å². The van der Waals surface area contributed by atoms with E-state index in [2.05, 4.69) is 0 Å². The number of esters is 2. The van der Waals surface area contributed by atoms with E-state index in [-0.39, 0.29) is 24.6 Å². The molecule has 3 aromatic rings. The van der Waals surface area contributed by atoms with Gasteiger partial charge in [-0.3, -0.25) is 9.59 Å². The Labute approximate surface area is 185 Å². The molecule has 0 amide bonds. The van der Waals surface area contributed by atoms with Crippen molar-refractivity contribution in [2.75, 3.05) is 20.8 Å². The molecule has 7 nitrogen and oxygen atoms in total. The van der Waals surface area contributed by atoms with Gasteiger partial charge < -0.3 is 18.9 Å². The third kappa shape index (κ3) is 6.18. The Balaban J connectivity index is 1.50. The van der Waals surface area contributed by atoms with Crippen molar-refractivity contribution in [3.8, 4) is 17.2 Å². The van der Waals surface area contributed by atoms with Gasteiger partial charge in [-0.25, -0.2) is 4.79 Å². The fourth-order valence-electron chi connectivity index (χ4n) is 2.82. The van der Waals surface area contributed by atoms with Crippen molar-refractivity contribution in [3.63, 3.8) is 0 Å². The van der Waals surface area contributed by atoms with Crippen LogP contribution in [0.1, 0.15) is 26.3 Å². The molecule has 0 N–H and O–H groups in total. The van der Waals surface area contributed by atoms with Crippen LogP contribution in [0, 0.1) is 0 Å². The molecule has 0 heterocycles. The summed E-state index contributed by atoms with van der Waals surface area (Å²) in [6.07, 6.45) is 0.0520. The molecule has 3 aromatic carbocycles. The summed E-state index contributed by atoms with van der Waals surface area (Å²) in [5.74, 6) is 0.101. The van der Waals surface area contributed by atoms with Crippen LogP contribution in [0.2, 0.25) is 0 Å². The maximum Gasteiger partial charge on any atom is 0.343 e. The van der Waals surface area contributed by atoms with Crippen molar-refractivity contribution in [1.29, 1.82) is 0 Å². The number of hydrogen-bond acceptors (Lipinski definition) is 7. The first-order chi connectivity index (χ1) is 15.5. The molecule has 0 atom stereocenters. The monoisotopic (exact) mass is 434 g/mol. The minimum Gasteiger partial charge on any atom is -0.497 e. The van der Waals surface area contributed by atoms with Crippen LogP contribution >= 0.6 is 0 Å². The molecule has 0 radical (unpaired) electrons. The molecule has 7 heteroatoms. The van der Waals surface area contributed by atoms with Gasteiger partial charge in [0, 0.05) is 5.56 Å². The number of carbonyl (C=O) groups is 3. The molecule has 0 saturated carbocycles. The SMILES string of the molecule is COc1ccc(CC(=O)OCC(=O)c2ccc(OC(=O)c3cccc(OC)c3)cc2)cc1. The molecule has 0 aliphatic rings. The van der Waals surface area contributed by atoms with Crippen molar-refractivity contribution >= 4 is 17.7 Å². The van der Waals surface area contributed by atoms with Crippen molar-refractivity contribution in [2.45, 2.75) is 6.42 Å². The zero-order valence-corrected chi connectivity index (χ0v) is 17.7. The van der Waals surface area contributed by atoms with E-state index in [1.165, 1.54) is 31.4 Å². The van der Waals surface area contributed by atoms with E-state index in [9.17, 15) is 14.4 Å². The normalized spacial score (nSPS) is 10.2. The molecule has 3 rings (SSSR count). The predicted octanol–water partition coefficient (Wildman–Crippen LogP) is 3.89. The number of carbonyl (C=O) groups excluding carboxylic acids is 3. The van der Waals surface area contributed by atoms with Gasteiger partial charge in [0.1, 0.15) is 17.2 Å². The Morgan fingerprint density at radius 1 is 0.719 bits per heavy atom. The molecular weight excluding hydrogens is 412 g/mol. The van der Waals surface area contributed by atoms with E-state index < -0.39 is 11.9 Å². The second kappa shape index (κ2) is 10.8. The van der Waals surface area contributed by atoms with E-state index in [0.29, 0.717) is 22.6 Å². The van der Waals surface area contributed by atoms with Crippen LogP contribution in [0.4, 0.5) is 0 Å². The van der Waals surface area contributed by atoms with E-state index in [0.717, 1.165) is 5.56 Å². The van der Waals surface area contributed by atoms with Crippen LogP contribution < -0.4 is 14.2 Å². The summed E-state index contributed by atoms with van der Waals surface area (Å²) in [7, 11) is 3.07. The smallest absolute Gasteiger partial charge is 0.343 e. The summed E-state index contributed by atoms with van der Waals surface area (Å²) in [4.78, 5) is 36.5. The fourth-order valence-corrected chi connectivity index (χ4v) is 2.82.